The van der Waals surface area contributed by atoms with E-state index in [2.05, 4.69) is 20.8 Å². The fourth-order valence-electron chi connectivity index (χ4n) is 2.13. The molecule has 0 atom stereocenters. The molecule has 0 bridgehead atoms. The Hall–Kier alpha value is -2.41. The molecule has 2 amide bonds. The molecule has 0 radical (unpaired) electrons. The van der Waals surface area contributed by atoms with E-state index in [4.69, 9.17) is 9.63 Å². The Labute approximate surface area is 127 Å². The van der Waals surface area contributed by atoms with Crippen LogP contribution in [0, 0.1) is 6.92 Å². The molecule has 0 spiro atoms. The molecule has 1 aliphatic carbocycles. The van der Waals surface area contributed by atoms with Crippen LogP contribution in [-0.4, -0.2) is 34.4 Å². The van der Waals surface area contributed by atoms with Crippen molar-refractivity contribution < 1.29 is 14.4 Å². The van der Waals surface area contributed by atoms with Crippen LogP contribution in [0.3, 0.4) is 0 Å². The van der Waals surface area contributed by atoms with Gasteiger partial charge in [-0.2, -0.15) is 4.98 Å². The summed E-state index contributed by atoms with van der Waals surface area (Å²) in [7, 11) is 0. The van der Waals surface area contributed by atoms with Crippen LogP contribution in [0.2, 0.25) is 0 Å². The lowest BCUT2D eigenvalue weighted by Gasteiger charge is -2.10. The minimum absolute atomic E-state index is 0.109. The lowest BCUT2D eigenvalue weighted by atomic mass is 10.1. The molecule has 1 fully saturated rings. The Morgan fingerprint density at radius 1 is 1.45 bits per heavy atom. The number of aliphatic hydroxyl groups excluding tert-OH is 1. The minimum Gasteiger partial charge on any atom is -0.395 e. The van der Waals surface area contributed by atoms with Crippen LogP contribution in [0.4, 0.5) is 10.5 Å². The van der Waals surface area contributed by atoms with Gasteiger partial charge in [-0.3, -0.25) is 0 Å². The molecule has 3 N–H and O–H groups in total. The molecule has 1 aliphatic rings. The molecular weight excluding hydrogens is 284 g/mol. The number of anilines is 1. The third kappa shape index (κ3) is 3.25. The Morgan fingerprint density at radius 3 is 3.00 bits per heavy atom. The average Bonchev–Trinajstić information content (AvgIpc) is 3.25. The van der Waals surface area contributed by atoms with Crippen molar-refractivity contribution in [2.75, 3.05) is 18.5 Å². The number of carbonyl (C=O) groups excluding carboxylic acids is 1. The fraction of sp³-hybridized carbons (Fsp3) is 0.400. The van der Waals surface area contributed by atoms with Gasteiger partial charge in [-0.05, 0) is 31.9 Å². The maximum Gasteiger partial charge on any atom is 0.319 e. The van der Waals surface area contributed by atoms with Gasteiger partial charge in [-0.15, -0.1) is 0 Å². The van der Waals surface area contributed by atoms with Crippen molar-refractivity contribution in [1.82, 2.24) is 15.5 Å². The molecule has 1 saturated carbocycles. The number of nitrogens with one attached hydrogen (secondary N) is 2. The highest BCUT2D eigenvalue weighted by Gasteiger charge is 2.29. The summed E-state index contributed by atoms with van der Waals surface area (Å²) < 4.78 is 5.34. The van der Waals surface area contributed by atoms with Gasteiger partial charge in [0.05, 0.1) is 17.9 Å². The van der Waals surface area contributed by atoms with E-state index in [-0.39, 0.29) is 19.2 Å². The number of benzene rings is 1. The van der Waals surface area contributed by atoms with Crippen molar-refractivity contribution in [2.45, 2.75) is 25.7 Å². The number of rotatable bonds is 5. The minimum atomic E-state index is -0.388. The summed E-state index contributed by atoms with van der Waals surface area (Å²) in [5.74, 6) is 1.54. The van der Waals surface area contributed by atoms with E-state index in [1.165, 1.54) is 0 Å². The number of aromatic nitrogens is 2. The first-order chi connectivity index (χ1) is 10.7. The third-order valence-electron chi connectivity index (χ3n) is 3.44. The van der Waals surface area contributed by atoms with Crippen molar-refractivity contribution >= 4 is 11.7 Å². The van der Waals surface area contributed by atoms with Gasteiger partial charge in [0.15, 0.2) is 5.82 Å². The first-order valence-electron chi connectivity index (χ1n) is 7.27. The Morgan fingerprint density at radius 2 is 2.27 bits per heavy atom. The smallest absolute Gasteiger partial charge is 0.319 e. The molecule has 1 aromatic carbocycles. The Kier molecular flexibility index (Phi) is 4.06. The highest BCUT2D eigenvalue weighted by Crippen LogP contribution is 2.39. The maximum absolute atomic E-state index is 11.8. The van der Waals surface area contributed by atoms with Gasteiger partial charge in [0.2, 0.25) is 0 Å². The van der Waals surface area contributed by atoms with Crippen LogP contribution in [0.1, 0.15) is 30.1 Å². The molecule has 2 aromatic rings. The first-order valence-corrected chi connectivity index (χ1v) is 7.27. The van der Waals surface area contributed by atoms with Crippen molar-refractivity contribution in [3.05, 3.63) is 29.6 Å². The van der Waals surface area contributed by atoms with Crippen LogP contribution in [-0.2, 0) is 0 Å². The standard InChI is InChI=1S/C15H18N4O3/c1-9-2-5-12(17-15(21)16-6-7-20)11(8-9)14-18-13(19-22-14)10-3-4-10/h2,5,8,10,20H,3-4,6-7H2,1H3,(H2,16,17,21). The number of nitrogens with zero attached hydrogens (tertiary/aromatic N) is 2. The largest absolute Gasteiger partial charge is 0.395 e. The molecule has 1 heterocycles. The lowest BCUT2D eigenvalue weighted by molar-refractivity contribution is 0.245. The summed E-state index contributed by atoms with van der Waals surface area (Å²) in [6, 6.07) is 5.19. The molecule has 7 nitrogen and oxygen atoms in total. The number of hydrogen-bond donors (Lipinski definition) is 3. The molecule has 22 heavy (non-hydrogen) atoms. The predicted molar refractivity (Wildman–Crippen MR) is 80.6 cm³/mol. The van der Waals surface area contributed by atoms with E-state index in [0.29, 0.717) is 23.1 Å². The van der Waals surface area contributed by atoms with E-state index in [0.717, 1.165) is 24.2 Å². The number of hydrogen-bond acceptors (Lipinski definition) is 5. The van der Waals surface area contributed by atoms with Gasteiger partial charge < -0.3 is 20.3 Å². The second-order valence-corrected chi connectivity index (χ2v) is 5.39. The Balaban J connectivity index is 1.84. The highest BCUT2D eigenvalue weighted by atomic mass is 16.5. The van der Waals surface area contributed by atoms with Crippen molar-refractivity contribution in [3.8, 4) is 11.5 Å². The number of amides is 2. The SMILES string of the molecule is Cc1ccc(NC(=O)NCCO)c(-c2nc(C3CC3)no2)c1. The zero-order valence-electron chi connectivity index (χ0n) is 12.3. The molecular formula is C15H18N4O3. The van der Waals surface area contributed by atoms with Crippen LogP contribution >= 0.6 is 0 Å². The summed E-state index contributed by atoms with van der Waals surface area (Å²) in [6.45, 7) is 2.04. The van der Waals surface area contributed by atoms with Gasteiger partial charge in [0.25, 0.3) is 5.89 Å². The van der Waals surface area contributed by atoms with Gasteiger partial charge in [-0.25, -0.2) is 4.79 Å². The first kappa shape index (κ1) is 14.5. The normalized spacial score (nSPS) is 13.9. The van der Waals surface area contributed by atoms with Crippen molar-refractivity contribution in [2.24, 2.45) is 0 Å². The fourth-order valence-corrected chi connectivity index (χ4v) is 2.13. The summed E-state index contributed by atoms with van der Waals surface area (Å²) in [4.78, 5) is 16.2. The maximum atomic E-state index is 11.8. The van der Waals surface area contributed by atoms with E-state index in [9.17, 15) is 4.79 Å². The summed E-state index contributed by atoms with van der Waals surface area (Å²) in [5.41, 5.74) is 2.31. The molecule has 0 aliphatic heterocycles. The molecule has 0 unspecified atom stereocenters. The summed E-state index contributed by atoms with van der Waals surface area (Å²) in [5, 5.41) is 18.0. The van der Waals surface area contributed by atoms with Crippen LogP contribution in [0.5, 0.6) is 0 Å². The number of urea groups is 1. The zero-order chi connectivity index (χ0) is 15.5. The quantitative estimate of drug-likeness (QED) is 0.784. The Bertz CT molecular complexity index is 679. The number of carbonyl (C=O) groups is 1. The second-order valence-electron chi connectivity index (χ2n) is 5.39. The molecule has 0 saturated heterocycles. The van der Waals surface area contributed by atoms with Gasteiger partial charge in [0, 0.05) is 12.5 Å². The van der Waals surface area contributed by atoms with Crippen molar-refractivity contribution in [3.63, 3.8) is 0 Å². The van der Waals surface area contributed by atoms with E-state index in [1.54, 1.807) is 6.07 Å². The predicted octanol–water partition coefficient (Wildman–Crippen LogP) is 2.04. The summed E-state index contributed by atoms with van der Waals surface area (Å²) >= 11 is 0. The van der Waals surface area contributed by atoms with Gasteiger partial charge in [0.1, 0.15) is 0 Å². The molecule has 7 heteroatoms. The number of aliphatic hydroxyl groups is 1. The third-order valence-corrected chi connectivity index (χ3v) is 3.44. The lowest BCUT2D eigenvalue weighted by Crippen LogP contribution is -2.31. The molecule has 116 valence electrons. The zero-order valence-corrected chi connectivity index (χ0v) is 12.3. The molecule has 3 rings (SSSR count). The van der Waals surface area contributed by atoms with Gasteiger partial charge >= 0.3 is 6.03 Å². The van der Waals surface area contributed by atoms with E-state index in [1.807, 2.05) is 19.1 Å². The van der Waals surface area contributed by atoms with E-state index >= 15 is 0 Å². The highest BCUT2D eigenvalue weighted by molar-refractivity contribution is 5.93. The van der Waals surface area contributed by atoms with Crippen molar-refractivity contribution in [1.29, 1.82) is 0 Å². The summed E-state index contributed by atoms with van der Waals surface area (Å²) in [6.07, 6.45) is 2.20. The van der Waals surface area contributed by atoms with E-state index < -0.39 is 0 Å². The second kappa shape index (κ2) is 6.15. The van der Waals surface area contributed by atoms with Crippen LogP contribution < -0.4 is 10.6 Å². The van der Waals surface area contributed by atoms with Gasteiger partial charge in [-0.1, -0.05) is 16.8 Å². The van der Waals surface area contributed by atoms with Crippen LogP contribution in [0.15, 0.2) is 22.7 Å². The number of aryl methyl sites for hydroxylation is 1. The van der Waals surface area contributed by atoms with Crippen LogP contribution in [0.25, 0.3) is 11.5 Å². The monoisotopic (exact) mass is 302 g/mol. The molecule has 1 aromatic heterocycles. The topological polar surface area (TPSA) is 100 Å². The average molecular weight is 302 g/mol.